The summed E-state index contributed by atoms with van der Waals surface area (Å²) in [7, 11) is -2.46. The molecule has 0 saturated carbocycles. The molecule has 29 heavy (non-hydrogen) atoms. The fraction of sp³-hybridized carbons (Fsp3) is 0.0500. The number of benzene rings is 3. The van der Waals surface area contributed by atoms with Gasteiger partial charge in [0.25, 0.3) is 15.9 Å². The van der Waals surface area contributed by atoms with Crippen molar-refractivity contribution in [3.05, 3.63) is 89.0 Å². The van der Waals surface area contributed by atoms with Gasteiger partial charge in [0.05, 0.1) is 10.6 Å². The van der Waals surface area contributed by atoms with Crippen LogP contribution in [0.2, 0.25) is 5.02 Å². The van der Waals surface area contributed by atoms with Crippen LogP contribution < -0.4 is 9.62 Å². The number of sulfonamides is 1. The lowest BCUT2D eigenvalue weighted by atomic mass is 10.2. The standard InChI is InChI=1S/C20H15ClF2N2O3S/c1-25(29(27,28)16-11-7-14(21)8-12-16)15-9-5-13(6-10-15)20(26)24-19-17(22)3-2-4-18(19)23/h2-12H,1H3,(H,24,26). The predicted molar refractivity (Wildman–Crippen MR) is 108 cm³/mol. The number of amides is 1. The first-order valence-corrected chi connectivity index (χ1v) is 10.1. The molecule has 9 heteroatoms. The zero-order valence-corrected chi connectivity index (χ0v) is 16.6. The summed E-state index contributed by atoms with van der Waals surface area (Å²) in [6, 6.07) is 14.5. The molecule has 0 radical (unpaired) electrons. The maximum absolute atomic E-state index is 13.7. The normalized spacial score (nSPS) is 11.2. The Morgan fingerprint density at radius 2 is 1.48 bits per heavy atom. The van der Waals surface area contributed by atoms with E-state index in [1.54, 1.807) is 0 Å². The van der Waals surface area contributed by atoms with Crippen molar-refractivity contribution in [3.8, 4) is 0 Å². The lowest BCUT2D eigenvalue weighted by Crippen LogP contribution is -2.26. The number of carbonyl (C=O) groups excluding carboxylic acids is 1. The van der Waals surface area contributed by atoms with E-state index in [-0.39, 0.29) is 10.5 Å². The molecular weight excluding hydrogens is 422 g/mol. The minimum absolute atomic E-state index is 0.0567. The summed E-state index contributed by atoms with van der Waals surface area (Å²) in [4.78, 5) is 12.3. The molecule has 5 nitrogen and oxygen atoms in total. The molecule has 3 aromatic carbocycles. The molecule has 1 amide bonds. The van der Waals surface area contributed by atoms with Gasteiger partial charge in [-0.05, 0) is 60.7 Å². The van der Waals surface area contributed by atoms with Crippen molar-refractivity contribution >= 4 is 38.9 Å². The van der Waals surface area contributed by atoms with Crippen LogP contribution in [0.15, 0.2) is 71.6 Å². The second-order valence-electron chi connectivity index (χ2n) is 6.02. The van der Waals surface area contributed by atoms with Crippen LogP contribution in [0.1, 0.15) is 10.4 Å². The molecule has 3 aromatic rings. The van der Waals surface area contributed by atoms with E-state index in [0.29, 0.717) is 10.7 Å². The van der Waals surface area contributed by atoms with Gasteiger partial charge in [-0.1, -0.05) is 17.7 Å². The molecule has 0 unspecified atom stereocenters. The average molecular weight is 437 g/mol. The van der Waals surface area contributed by atoms with Crippen LogP contribution in [0.3, 0.4) is 0 Å². The molecule has 0 aromatic heterocycles. The zero-order valence-electron chi connectivity index (χ0n) is 15.1. The monoisotopic (exact) mass is 436 g/mol. The van der Waals surface area contributed by atoms with E-state index in [9.17, 15) is 22.0 Å². The number of carbonyl (C=O) groups is 1. The Morgan fingerprint density at radius 3 is 2.03 bits per heavy atom. The van der Waals surface area contributed by atoms with E-state index in [2.05, 4.69) is 5.32 Å². The van der Waals surface area contributed by atoms with Gasteiger partial charge in [0.2, 0.25) is 0 Å². The van der Waals surface area contributed by atoms with Crippen LogP contribution in [0.5, 0.6) is 0 Å². The first kappa shape index (κ1) is 20.8. The number of rotatable bonds is 5. The fourth-order valence-electron chi connectivity index (χ4n) is 2.53. The Bertz CT molecular complexity index is 1130. The third-order valence-electron chi connectivity index (χ3n) is 4.17. The van der Waals surface area contributed by atoms with Crippen LogP contribution in [0.25, 0.3) is 0 Å². The summed E-state index contributed by atoms with van der Waals surface area (Å²) in [6.07, 6.45) is 0. The third-order valence-corrected chi connectivity index (χ3v) is 6.22. The van der Waals surface area contributed by atoms with Gasteiger partial charge in [-0.2, -0.15) is 0 Å². The highest BCUT2D eigenvalue weighted by atomic mass is 35.5. The molecule has 0 spiro atoms. The number of anilines is 2. The Labute approximate surface area is 171 Å². The van der Waals surface area contributed by atoms with Crippen molar-refractivity contribution in [2.45, 2.75) is 4.90 Å². The van der Waals surface area contributed by atoms with Crippen molar-refractivity contribution in [2.24, 2.45) is 0 Å². The molecule has 1 N–H and O–H groups in total. The van der Waals surface area contributed by atoms with Crippen molar-refractivity contribution in [3.63, 3.8) is 0 Å². The predicted octanol–water partition coefficient (Wildman–Crippen LogP) is 4.70. The highest BCUT2D eigenvalue weighted by Crippen LogP contribution is 2.24. The lowest BCUT2D eigenvalue weighted by Gasteiger charge is -2.20. The number of hydrogen-bond acceptors (Lipinski definition) is 3. The fourth-order valence-corrected chi connectivity index (χ4v) is 3.85. The van der Waals surface area contributed by atoms with E-state index in [1.807, 2.05) is 0 Å². The Kier molecular flexibility index (Phi) is 5.86. The lowest BCUT2D eigenvalue weighted by molar-refractivity contribution is 0.102. The number of hydrogen-bond donors (Lipinski definition) is 1. The molecule has 0 heterocycles. The Morgan fingerprint density at radius 1 is 0.931 bits per heavy atom. The summed E-state index contributed by atoms with van der Waals surface area (Å²) in [5, 5.41) is 2.58. The Hall–Kier alpha value is -2.97. The van der Waals surface area contributed by atoms with E-state index in [0.717, 1.165) is 16.4 Å². The SMILES string of the molecule is CN(c1ccc(C(=O)Nc2c(F)cccc2F)cc1)S(=O)(=O)c1ccc(Cl)cc1. The largest absolute Gasteiger partial charge is 0.317 e. The molecule has 3 rings (SSSR count). The van der Waals surface area contributed by atoms with Gasteiger partial charge >= 0.3 is 0 Å². The van der Waals surface area contributed by atoms with Crippen LogP contribution in [0.4, 0.5) is 20.2 Å². The minimum Gasteiger partial charge on any atom is -0.317 e. The van der Waals surface area contributed by atoms with Gasteiger partial charge < -0.3 is 5.32 Å². The topological polar surface area (TPSA) is 66.5 Å². The summed E-state index contributed by atoms with van der Waals surface area (Å²) >= 11 is 5.79. The van der Waals surface area contributed by atoms with Crippen LogP contribution in [-0.2, 0) is 10.0 Å². The van der Waals surface area contributed by atoms with Crippen LogP contribution in [-0.4, -0.2) is 21.4 Å². The Balaban J connectivity index is 1.80. The van der Waals surface area contributed by atoms with Crippen molar-refractivity contribution in [2.75, 3.05) is 16.7 Å². The van der Waals surface area contributed by atoms with E-state index in [4.69, 9.17) is 11.6 Å². The number of nitrogens with zero attached hydrogens (tertiary/aromatic N) is 1. The van der Waals surface area contributed by atoms with Crippen molar-refractivity contribution in [1.29, 1.82) is 0 Å². The van der Waals surface area contributed by atoms with E-state index < -0.39 is 33.3 Å². The molecule has 150 valence electrons. The molecule has 0 fully saturated rings. The van der Waals surface area contributed by atoms with Crippen molar-refractivity contribution < 1.29 is 22.0 Å². The van der Waals surface area contributed by atoms with Crippen molar-refractivity contribution in [1.82, 2.24) is 0 Å². The molecule has 0 bridgehead atoms. The van der Waals surface area contributed by atoms with Gasteiger partial charge in [0.1, 0.15) is 17.3 Å². The van der Waals surface area contributed by atoms with Gasteiger partial charge in [-0.3, -0.25) is 9.10 Å². The summed E-state index contributed by atoms with van der Waals surface area (Å²) < 4.78 is 53.8. The number of para-hydroxylation sites is 1. The van der Waals surface area contributed by atoms with Gasteiger partial charge in [0.15, 0.2) is 0 Å². The number of halogens is 3. The molecule has 0 saturated heterocycles. The highest BCUT2D eigenvalue weighted by molar-refractivity contribution is 7.92. The first-order chi connectivity index (χ1) is 13.7. The summed E-state index contributed by atoms with van der Waals surface area (Å²) in [5.41, 5.74) is -0.147. The zero-order chi connectivity index (χ0) is 21.2. The van der Waals surface area contributed by atoms with Crippen LogP contribution >= 0.6 is 11.6 Å². The molecule has 0 aliphatic heterocycles. The average Bonchev–Trinajstić information content (AvgIpc) is 2.70. The van der Waals surface area contributed by atoms with E-state index >= 15 is 0 Å². The smallest absolute Gasteiger partial charge is 0.264 e. The van der Waals surface area contributed by atoms with Gasteiger partial charge in [0, 0.05) is 17.6 Å². The summed E-state index contributed by atoms with van der Waals surface area (Å²) in [6.45, 7) is 0. The maximum Gasteiger partial charge on any atom is 0.264 e. The molecule has 0 aliphatic carbocycles. The molecule has 0 atom stereocenters. The second-order valence-corrected chi connectivity index (χ2v) is 8.43. The molecule has 0 aliphatic rings. The van der Waals surface area contributed by atoms with Gasteiger partial charge in [-0.25, -0.2) is 17.2 Å². The first-order valence-electron chi connectivity index (χ1n) is 8.30. The second kappa shape index (κ2) is 8.18. The number of nitrogens with one attached hydrogen (secondary N) is 1. The van der Waals surface area contributed by atoms with Gasteiger partial charge in [-0.15, -0.1) is 0 Å². The summed E-state index contributed by atoms with van der Waals surface area (Å²) in [5.74, 6) is -2.53. The molecular formula is C20H15ClF2N2O3S. The van der Waals surface area contributed by atoms with Crippen LogP contribution in [0, 0.1) is 11.6 Å². The minimum atomic E-state index is -3.83. The maximum atomic E-state index is 13.7. The third kappa shape index (κ3) is 4.38. The highest BCUT2D eigenvalue weighted by Gasteiger charge is 2.21. The van der Waals surface area contributed by atoms with E-state index in [1.165, 1.54) is 61.6 Å². The quantitative estimate of drug-likeness (QED) is 0.630.